The van der Waals surface area contributed by atoms with Crippen molar-refractivity contribution in [3.63, 3.8) is 0 Å². The Bertz CT molecular complexity index is 377. The fourth-order valence-electron chi connectivity index (χ4n) is 1.92. The molecule has 1 heterocycles. The normalized spacial score (nSPS) is 11.5. The third-order valence-corrected chi connectivity index (χ3v) is 3.44. The highest BCUT2D eigenvalue weighted by atomic mass is 35.5. The molecule has 0 aliphatic carbocycles. The molecule has 0 saturated heterocycles. The van der Waals surface area contributed by atoms with Crippen LogP contribution in [0.3, 0.4) is 0 Å². The van der Waals surface area contributed by atoms with Gasteiger partial charge in [-0.3, -0.25) is 4.68 Å². The maximum absolute atomic E-state index is 6.25. The molecule has 0 aliphatic heterocycles. The lowest BCUT2D eigenvalue weighted by Crippen LogP contribution is -2.18. The first kappa shape index (κ1) is 16.5. The van der Waals surface area contributed by atoms with Crippen LogP contribution in [0.2, 0.25) is 5.02 Å². The highest BCUT2D eigenvalue weighted by Gasteiger charge is 2.11. The largest absolute Gasteiger partial charge is 0.379 e. The second-order valence-electron chi connectivity index (χ2n) is 4.97. The first-order valence-corrected chi connectivity index (χ1v) is 7.48. The van der Waals surface area contributed by atoms with Crippen molar-refractivity contribution in [2.45, 2.75) is 59.7 Å². The van der Waals surface area contributed by atoms with Crippen LogP contribution in [0.4, 0.5) is 0 Å². The molecule has 19 heavy (non-hydrogen) atoms. The Hall–Kier alpha value is -0.580. The van der Waals surface area contributed by atoms with Crippen molar-refractivity contribution < 1.29 is 4.74 Å². The van der Waals surface area contributed by atoms with Gasteiger partial charge in [0.15, 0.2) is 0 Å². The number of hydrogen-bond donors (Lipinski definition) is 1. The van der Waals surface area contributed by atoms with Crippen molar-refractivity contribution in [2.75, 3.05) is 13.2 Å². The van der Waals surface area contributed by atoms with Crippen molar-refractivity contribution in [3.8, 4) is 0 Å². The van der Waals surface area contributed by atoms with Crippen LogP contribution >= 0.6 is 11.6 Å². The van der Waals surface area contributed by atoms with Gasteiger partial charge in [-0.1, -0.05) is 11.6 Å². The van der Waals surface area contributed by atoms with Gasteiger partial charge in [0, 0.05) is 19.7 Å². The monoisotopic (exact) mass is 287 g/mol. The van der Waals surface area contributed by atoms with Gasteiger partial charge in [-0.25, -0.2) is 0 Å². The van der Waals surface area contributed by atoms with Crippen molar-refractivity contribution in [2.24, 2.45) is 0 Å². The molecule has 5 heteroatoms. The topological polar surface area (TPSA) is 39.1 Å². The number of unbranched alkanes of at least 4 members (excludes halogenated alkanes) is 1. The predicted molar refractivity (Wildman–Crippen MR) is 79.7 cm³/mol. The zero-order valence-electron chi connectivity index (χ0n) is 12.5. The highest BCUT2D eigenvalue weighted by Crippen LogP contribution is 2.19. The summed E-state index contributed by atoms with van der Waals surface area (Å²) in [6.45, 7) is 11.6. The molecule has 1 aromatic rings. The second kappa shape index (κ2) is 8.56. The summed E-state index contributed by atoms with van der Waals surface area (Å²) in [4.78, 5) is 0. The van der Waals surface area contributed by atoms with E-state index < -0.39 is 0 Å². The Morgan fingerprint density at radius 1 is 1.37 bits per heavy atom. The summed E-state index contributed by atoms with van der Waals surface area (Å²) < 4.78 is 7.47. The van der Waals surface area contributed by atoms with E-state index in [1.807, 2.05) is 11.6 Å². The quantitative estimate of drug-likeness (QED) is 0.709. The summed E-state index contributed by atoms with van der Waals surface area (Å²) in [5.74, 6) is 0. The molecule has 110 valence electrons. The summed E-state index contributed by atoms with van der Waals surface area (Å²) >= 11 is 6.25. The Morgan fingerprint density at radius 2 is 2.11 bits per heavy atom. The number of halogens is 1. The van der Waals surface area contributed by atoms with E-state index >= 15 is 0 Å². The molecule has 1 N–H and O–H groups in total. The van der Waals surface area contributed by atoms with Crippen LogP contribution in [0.25, 0.3) is 0 Å². The van der Waals surface area contributed by atoms with Crippen LogP contribution in [0.5, 0.6) is 0 Å². The summed E-state index contributed by atoms with van der Waals surface area (Å²) in [6, 6.07) is 0. The molecule has 0 saturated carbocycles. The fraction of sp³-hybridized carbons (Fsp3) is 0.786. The molecule has 0 fully saturated rings. The van der Waals surface area contributed by atoms with E-state index in [1.54, 1.807) is 0 Å². The lowest BCUT2D eigenvalue weighted by atomic mass is 10.3. The zero-order chi connectivity index (χ0) is 14.3. The number of aromatic nitrogens is 2. The molecule has 0 unspecified atom stereocenters. The lowest BCUT2D eigenvalue weighted by molar-refractivity contribution is 0.0760. The Morgan fingerprint density at radius 3 is 2.74 bits per heavy atom. The maximum atomic E-state index is 6.25. The minimum absolute atomic E-state index is 0.327. The summed E-state index contributed by atoms with van der Waals surface area (Å²) in [5, 5.41) is 8.61. The van der Waals surface area contributed by atoms with E-state index in [2.05, 4.69) is 31.2 Å². The number of rotatable bonds is 9. The molecule has 1 rings (SSSR count). The van der Waals surface area contributed by atoms with Crippen molar-refractivity contribution >= 4 is 11.6 Å². The number of ether oxygens (including phenoxy) is 1. The van der Waals surface area contributed by atoms with Crippen molar-refractivity contribution in [3.05, 3.63) is 16.4 Å². The van der Waals surface area contributed by atoms with Crippen molar-refractivity contribution in [1.29, 1.82) is 0 Å². The van der Waals surface area contributed by atoms with Crippen LogP contribution in [0, 0.1) is 6.92 Å². The molecule has 0 amide bonds. The van der Waals surface area contributed by atoms with Crippen molar-refractivity contribution in [1.82, 2.24) is 15.1 Å². The van der Waals surface area contributed by atoms with E-state index in [4.69, 9.17) is 16.3 Å². The van der Waals surface area contributed by atoms with E-state index in [9.17, 15) is 0 Å². The molecule has 0 aliphatic rings. The standard InChI is InChI=1S/C14H26ClN3O/c1-5-18-13(14(15)12(4)17-18)10-16-8-6-7-9-19-11(2)3/h11,16H,5-10H2,1-4H3. The van der Waals surface area contributed by atoms with Gasteiger partial charge >= 0.3 is 0 Å². The van der Waals surface area contributed by atoms with Crippen LogP contribution in [0.1, 0.15) is 45.0 Å². The van der Waals surface area contributed by atoms with Crippen LogP contribution in [-0.2, 0) is 17.8 Å². The third kappa shape index (κ3) is 5.51. The smallest absolute Gasteiger partial charge is 0.0860 e. The Balaban J connectivity index is 2.22. The number of nitrogens with one attached hydrogen (secondary N) is 1. The number of hydrogen-bond acceptors (Lipinski definition) is 3. The molecule has 1 aromatic heterocycles. The molecule has 0 radical (unpaired) electrons. The minimum atomic E-state index is 0.327. The van der Waals surface area contributed by atoms with Crippen LogP contribution < -0.4 is 5.32 Å². The van der Waals surface area contributed by atoms with E-state index in [0.29, 0.717) is 6.10 Å². The molecular weight excluding hydrogens is 262 g/mol. The van der Waals surface area contributed by atoms with Crippen LogP contribution in [-0.4, -0.2) is 29.0 Å². The minimum Gasteiger partial charge on any atom is -0.379 e. The molecule has 0 aromatic carbocycles. The van der Waals surface area contributed by atoms with Gasteiger partial charge in [-0.2, -0.15) is 5.10 Å². The fourth-order valence-corrected chi connectivity index (χ4v) is 2.12. The maximum Gasteiger partial charge on any atom is 0.0860 e. The highest BCUT2D eigenvalue weighted by molar-refractivity contribution is 6.31. The lowest BCUT2D eigenvalue weighted by Gasteiger charge is -2.09. The summed E-state index contributed by atoms with van der Waals surface area (Å²) in [6.07, 6.45) is 2.53. The van der Waals surface area contributed by atoms with Gasteiger partial charge in [-0.05, 0) is 47.1 Å². The molecule has 4 nitrogen and oxygen atoms in total. The predicted octanol–water partition coefficient (Wildman–Crippen LogP) is 3.16. The molecule has 0 bridgehead atoms. The summed E-state index contributed by atoms with van der Waals surface area (Å²) in [5.41, 5.74) is 1.99. The van der Waals surface area contributed by atoms with Crippen LogP contribution in [0.15, 0.2) is 0 Å². The number of aryl methyl sites for hydroxylation is 2. The van der Waals surface area contributed by atoms with E-state index in [-0.39, 0.29) is 0 Å². The van der Waals surface area contributed by atoms with Gasteiger partial charge in [-0.15, -0.1) is 0 Å². The van der Waals surface area contributed by atoms with Gasteiger partial charge in [0.25, 0.3) is 0 Å². The Labute approximate surface area is 121 Å². The first-order chi connectivity index (χ1) is 9.06. The molecular formula is C14H26ClN3O. The average molecular weight is 288 g/mol. The molecule has 0 atom stereocenters. The Kier molecular flexibility index (Phi) is 7.42. The summed E-state index contributed by atoms with van der Waals surface area (Å²) in [7, 11) is 0. The zero-order valence-corrected chi connectivity index (χ0v) is 13.3. The number of nitrogens with zero attached hydrogens (tertiary/aromatic N) is 2. The average Bonchev–Trinajstić information content (AvgIpc) is 2.64. The molecule has 0 spiro atoms. The first-order valence-electron chi connectivity index (χ1n) is 7.10. The second-order valence-corrected chi connectivity index (χ2v) is 5.34. The van der Waals surface area contributed by atoms with Gasteiger partial charge in [0.2, 0.25) is 0 Å². The van der Waals surface area contributed by atoms with Gasteiger partial charge in [0.1, 0.15) is 0 Å². The third-order valence-electron chi connectivity index (χ3n) is 2.94. The van der Waals surface area contributed by atoms with E-state index in [1.165, 1.54) is 0 Å². The van der Waals surface area contributed by atoms with E-state index in [0.717, 1.165) is 55.5 Å². The van der Waals surface area contributed by atoms with Gasteiger partial charge < -0.3 is 10.1 Å². The SMILES string of the molecule is CCn1nc(C)c(Cl)c1CNCCCCOC(C)C. The van der Waals surface area contributed by atoms with Gasteiger partial charge in [0.05, 0.1) is 22.5 Å².